The number of benzene rings is 2. The molecule has 0 saturated carbocycles. The van der Waals surface area contributed by atoms with Gasteiger partial charge in [-0.05, 0) is 29.8 Å². The molecule has 0 fully saturated rings. The van der Waals surface area contributed by atoms with E-state index in [0.29, 0.717) is 11.3 Å². The Morgan fingerprint density at radius 1 is 0.900 bits per heavy atom. The number of hydrogen-bond acceptors (Lipinski definition) is 2. The molecule has 0 aliphatic carbocycles. The van der Waals surface area contributed by atoms with E-state index in [1.807, 2.05) is 48.5 Å². The maximum absolute atomic E-state index is 13.6. The molecule has 3 heteroatoms. The first-order valence-corrected chi connectivity index (χ1v) is 7.32. The van der Waals surface area contributed by atoms with Gasteiger partial charge in [0, 0.05) is 16.2 Å². The molecular weight excluding hydrogens is 271 g/mol. The van der Waals surface area contributed by atoms with E-state index < -0.39 is 0 Å². The van der Waals surface area contributed by atoms with Crippen molar-refractivity contribution in [3.63, 3.8) is 0 Å². The molecule has 100 valence electrons. The lowest BCUT2D eigenvalue weighted by atomic mass is 10.2. The minimum atomic E-state index is -0.157. The minimum Gasteiger partial charge on any atom is -0.464 e. The molecule has 20 heavy (non-hydrogen) atoms. The van der Waals surface area contributed by atoms with E-state index in [1.165, 1.54) is 6.07 Å². The maximum atomic E-state index is 13.6. The summed E-state index contributed by atoms with van der Waals surface area (Å²) in [7, 11) is 0. The quantitative estimate of drug-likeness (QED) is 0.597. The van der Waals surface area contributed by atoms with Crippen molar-refractivity contribution in [2.75, 3.05) is 0 Å². The molecule has 2 aromatic carbocycles. The fraction of sp³-hybridized carbons (Fsp3) is 0.0588. The van der Waals surface area contributed by atoms with Crippen LogP contribution in [0.15, 0.2) is 76.2 Å². The van der Waals surface area contributed by atoms with E-state index in [1.54, 1.807) is 24.1 Å². The summed E-state index contributed by atoms with van der Waals surface area (Å²) in [6.07, 6.45) is 1.66. The molecule has 1 aromatic heterocycles. The molecule has 1 heterocycles. The van der Waals surface area contributed by atoms with Crippen LogP contribution in [0, 0.1) is 5.82 Å². The molecular formula is C17H13FOS. The van der Waals surface area contributed by atoms with Crippen LogP contribution in [-0.2, 0) is 5.75 Å². The normalized spacial score (nSPS) is 10.7. The smallest absolute Gasteiger partial charge is 0.134 e. The summed E-state index contributed by atoms with van der Waals surface area (Å²) in [6, 6.07) is 18.7. The number of thioether (sulfide) groups is 1. The van der Waals surface area contributed by atoms with Crippen LogP contribution >= 0.6 is 11.8 Å². The topological polar surface area (TPSA) is 13.1 Å². The average Bonchev–Trinajstić information content (AvgIpc) is 3.01. The van der Waals surface area contributed by atoms with Gasteiger partial charge < -0.3 is 4.42 Å². The first-order valence-electron chi connectivity index (χ1n) is 6.34. The average molecular weight is 284 g/mol. The van der Waals surface area contributed by atoms with E-state index in [4.69, 9.17) is 4.42 Å². The SMILES string of the molecule is Fc1ccccc1CSc1ccccc1-c1ccco1. The summed E-state index contributed by atoms with van der Waals surface area (Å²) in [5.74, 6) is 1.28. The molecule has 0 bridgehead atoms. The summed E-state index contributed by atoms with van der Waals surface area (Å²) in [4.78, 5) is 1.09. The number of hydrogen-bond donors (Lipinski definition) is 0. The monoisotopic (exact) mass is 284 g/mol. The Morgan fingerprint density at radius 2 is 1.70 bits per heavy atom. The van der Waals surface area contributed by atoms with Crippen LogP contribution in [0.2, 0.25) is 0 Å². The van der Waals surface area contributed by atoms with Crippen molar-refractivity contribution in [3.05, 3.63) is 78.3 Å². The van der Waals surface area contributed by atoms with Gasteiger partial charge in [-0.2, -0.15) is 0 Å². The van der Waals surface area contributed by atoms with Gasteiger partial charge >= 0.3 is 0 Å². The second-order valence-electron chi connectivity index (χ2n) is 4.35. The Morgan fingerprint density at radius 3 is 2.50 bits per heavy atom. The molecule has 0 N–H and O–H groups in total. The number of halogens is 1. The van der Waals surface area contributed by atoms with Gasteiger partial charge in [-0.15, -0.1) is 11.8 Å². The Balaban J connectivity index is 1.84. The lowest BCUT2D eigenvalue weighted by Crippen LogP contribution is -1.87. The second-order valence-corrected chi connectivity index (χ2v) is 5.37. The van der Waals surface area contributed by atoms with Crippen LogP contribution in [0.4, 0.5) is 4.39 Å². The molecule has 0 amide bonds. The summed E-state index contributed by atoms with van der Waals surface area (Å²) >= 11 is 1.61. The van der Waals surface area contributed by atoms with Crippen LogP contribution in [0.25, 0.3) is 11.3 Å². The molecule has 1 nitrogen and oxygen atoms in total. The second kappa shape index (κ2) is 5.97. The predicted octanol–water partition coefficient (Wildman–Crippen LogP) is 5.38. The summed E-state index contributed by atoms with van der Waals surface area (Å²) in [5.41, 5.74) is 1.76. The number of furan rings is 1. The van der Waals surface area contributed by atoms with E-state index >= 15 is 0 Å². The van der Waals surface area contributed by atoms with Crippen molar-refractivity contribution < 1.29 is 8.81 Å². The first-order chi connectivity index (χ1) is 9.84. The van der Waals surface area contributed by atoms with E-state index in [2.05, 4.69) is 0 Å². The third-order valence-corrected chi connectivity index (χ3v) is 4.14. The van der Waals surface area contributed by atoms with Crippen molar-refractivity contribution in [3.8, 4) is 11.3 Å². The molecule has 3 aromatic rings. The third kappa shape index (κ3) is 2.78. The summed E-state index contributed by atoms with van der Waals surface area (Å²) < 4.78 is 19.1. The van der Waals surface area contributed by atoms with E-state index in [9.17, 15) is 4.39 Å². The van der Waals surface area contributed by atoms with Crippen molar-refractivity contribution in [1.29, 1.82) is 0 Å². The first kappa shape index (κ1) is 13.0. The Kier molecular flexibility index (Phi) is 3.88. The summed E-state index contributed by atoms with van der Waals surface area (Å²) in [6.45, 7) is 0. The Bertz CT molecular complexity index is 692. The van der Waals surface area contributed by atoms with Crippen LogP contribution in [-0.4, -0.2) is 0 Å². The van der Waals surface area contributed by atoms with Crippen molar-refractivity contribution in [2.45, 2.75) is 10.6 Å². The highest BCUT2D eigenvalue weighted by molar-refractivity contribution is 7.98. The molecule has 0 aliphatic heterocycles. The molecule has 3 rings (SSSR count). The van der Waals surface area contributed by atoms with Gasteiger partial charge in [0.15, 0.2) is 0 Å². The minimum absolute atomic E-state index is 0.157. The Hall–Kier alpha value is -2.00. The van der Waals surface area contributed by atoms with Crippen molar-refractivity contribution >= 4 is 11.8 Å². The Labute approximate surface area is 121 Å². The molecule has 0 radical (unpaired) electrons. The highest BCUT2D eigenvalue weighted by atomic mass is 32.2. The van der Waals surface area contributed by atoms with Crippen molar-refractivity contribution in [1.82, 2.24) is 0 Å². The summed E-state index contributed by atoms with van der Waals surface area (Å²) in [5, 5.41) is 0. The zero-order valence-electron chi connectivity index (χ0n) is 10.8. The predicted molar refractivity (Wildman–Crippen MR) is 80.1 cm³/mol. The van der Waals surface area contributed by atoms with Gasteiger partial charge in [-0.1, -0.05) is 36.4 Å². The molecule has 0 spiro atoms. The van der Waals surface area contributed by atoms with Crippen LogP contribution in [0.3, 0.4) is 0 Å². The largest absolute Gasteiger partial charge is 0.464 e. The zero-order valence-corrected chi connectivity index (χ0v) is 11.6. The van der Waals surface area contributed by atoms with E-state index in [-0.39, 0.29) is 5.82 Å². The van der Waals surface area contributed by atoms with Crippen LogP contribution < -0.4 is 0 Å². The van der Waals surface area contributed by atoms with Gasteiger partial charge in [0.25, 0.3) is 0 Å². The lowest BCUT2D eigenvalue weighted by molar-refractivity contribution is 0.581. The fourth-order valence-corrected chi connectivity index (χ4v) is 3.04. The van der Waals surface area contributed by atoms with Gasteiger partial charge in [0.1, 0.15) is 11.6 Å². The molecule has 0 atom stereocenters. The highest BCUT2D eigenvalue weighted by Gasteiger charge is 2.08. The van der Waals surface area contributed by atoms with E-state index in [0.717, 1.165) is 16.2 Å². The van der Waals surface area contributed by atoms with Crippen molar-refractivity contribution in [2.24, 2.45) is 0 Å². The van der Waals surface area contributed by atoms with Crippen LogP contribution in [0.5, 0.6) is 0 Å². The van der Waals surface area contributed by atoms with Gasteiger partial charge in [0.2, 0.25) is 0 Å². The zero-order chi connectivity index (χ0) is 13.8. The number of rotatable bonds is 4. The highest BCUT2D eigenvalue weighted by Crippen LogP contribution is 2.33. The van der Waals surface area contributed by atoms with Gasteiger partial charge in [-0.25, -0.2) is 4.39 Å². The standard InChI is InChI=1S/C17H13FOS/c18-15-8-3-1-6-13(15)12-20-17-10-4-2-7-14(17)16-9-5-11-19-16/h1-11H,12H2. The molecule has 0 unspecified atom stereocenters. The molecule has 0 saturated heterocycles. The molecule has 0 aliphatic rings. The maximum Gasteiger partial charge on any atom is 0.134 e. The third-order valence-electron chi connectivity index (χ3n) is 3.01. The lowest BCUT2D eigenvalue weighted by Gasteiger charge is -2.07. The van der Waals surface area contributed by atoms with Crippen LogP contribution in [0.1, 0.15) is 5.56 Å². The van der Waals surface area contributed by atoms with Gasteiger partial charge in [0.05, 0.1) is 6.26 Å². The van der Waals surface area contributed by atoms with Gasteiger partial charge in [-0.3, -0.25) is 0 Å². The fourth-order valence-electron chi connectivity index (χ4n) is 2.00.